The van der Waals surface area contributed by atoms with Crippen molar-refractivity contribution in [3.05, 3.63) is 29.6 Å². The summed E-state index contributed by atoms with van der Waals surface area (Å²) in [4.78, 5) is 4.44. The molecule has 0 bridgehead atoms. The SMILES string of the molecule is CCNC(=NCCc1ccc(F)c(OC)c1)NCC. The highest BCUT2D eigenvalue weighted by Crippen LogP contribution is 2.18. The molecule has 0 saturated heterocycles. The summed E-state index contributed by atoms with van der Waals surface area (Å²) in [7, 11) is 1.47. The second-order valence-corrected chi connectivity index (χ2v) is 4.01. The molecule has 0 aliphatic carbocycles. The maximum absolute atomic E-state index is 13.2. The normalized spacial score (nSPS) is 9.89. The first-order valence-electron chi connectivity index (χ1n) is 6.55. The summed E-state index contributed by atoms with van der Waals surface area (Å²) in [6.45, 7) is 6.35. The highest BCUT2D eigenvalue weighted by molar-refractivity contribution is 5.79. The molecule has 5 heteroatoms. The smallest absolute Gasteiger partial charge is 0.191 e. The number of hydrogen-bond acceptors (Lipinski definition) is 2. The van der Waals surface area contributed by atoms with Crippen LogP contribution >= 0.6 is 0 Å². The zero-order chi connectivity index (χ0) is 14.1. The van der Waals surface area contributed by atoms with E-state index in [1.54, 1.807) is 12.1 Å². The molecule has 1 rings (SSSR count). The van der Waals surface area contributed by atoms with Crippen LogP contribution < -0.4 is 15.4 Å². The van der Waals surface area contributed by atoms with Gasteiger partial charge in [-0.25, -0.2) is 4.39 Å². The second kappa shape index (κ2) is 8.34. The van der Waals surface area contributed by atoms with Gasteiger partial charge in [-0.15, -0.1) is 0 Å². The molecule has 0 spiro atoms. The summed E-state index contributed by atoms with van der Waals surface area (Å²) >= 11 is 0. The molecule has 0 atom stereocenters. The largest absolute Gasteiger partial charge is 0.494 e. The molecular formula is C14H22FN3O. The Balaban J connectivity index is 2.58. The van der Waals surface area contributed by atoms with Crippen molar-refractivity contribution in [2.75, 3.05) is 26.7 Å². The standard InChI is InChI=1S/C14H22FN3O/c1-4-16-14(17-5-2)18-9-8-11-6-7-12(15)13(10-11)19-3/h6-7,10H,4-5,8-9H2,1-3H3,(H2,16,17,18). The number of methoxy groups -OCH3 is 1. The van der Waals surface area contributed by atoms with Gasteiger partial charge in [0.1, 0.15) is 0 Å². The molecule has 0 aliphatic heterocycles. The third kappa shape index (κ3) is 5.16. The van der Waals surface area contributed by atoms with Crippen molar-refractivity contribution < 1.29 is 9.13 Å². The lowest BCUT2D eigenvalue weighted by Gasteiger charge is -2.09. The van der Waals surface area contributed by atoms with Gasteiger partial charge in [0.05, 0.1) is 7.11 Å². The number of guanidine groups is 1. The van der Waals surface area contributed by atoms with Crippen molar-refractivity contribution in [1.29, 1.82) is 0 Å². The molecule has 0 aliphatic rings. The van der Waals surface area contributed by atoms with Crippen LogP contribution in [-0.4, -0.2) is 32.7 Å². The molecule has 0 fully saturated rings. The lowest BCUT2D eigenvalue weighted by atomic mass is 10.1. The zero-order valence-corrected chi connectivity index (χ0v) is 11.8. The van der Waals surface area contributed by atoms with Gasteiger partial charge in [-0.3, -0.25) is 4.99 Å². The molecular weight excluding hydrogens is 245 g/mol. The highest BCUT2D eigenvalue weighted by Gasteiger charge is 2.03. The molecule has 0 heterocycles. The second-order valence-electron chi connectivity index (χ2n) is 4.01. The molecule has 2 N–H and O–H groups in total. The first kappa shape index (κ1) is 15.3. The summed E-state index contributed by atoms with van der Waals surface area (Å²) < 4.78 is 18.2. The van der Waals surface area contributed by atoms with Crippen molar-refractivity contribution in [3.63, 3.8) is 0 Å². The fourth-order valence-corrected chi connectivity index (χ4v) is 1.67. The molecule has 4 nitrogen and oxygen atoms in total. The number of hydrogen-bond donors (Lipinski definition) is 2. The number of aliphatic imine (C=N–C) groups is 1. The van der Waals surface area contributed by atoms with Crippen LogP contribution in [0.3, 0.4) is 0 Å². The predicted molar refractivity (Wildman–Crippen MR) is 76.3 cm³/mol. The van der Waals surface area contributed by atoms with E-state index in [0.717, 1.165) is 31.0 Å². The Bertz CT molecular complexity index is 413. The Hall–Kier alpha value is -1.78. The third-order valence-electron chi connectivity index (χ3n) is 2.57. The minimum Gasteiger partial charge on any atom is -0.494 e. The molecule has 106 valence electrons. The fraction of sp³-hybridized carbons (Fsp3) is 0.500. The molecule has 0 aromatic heterocycles. The van der Waals surface area contributed by atoms with Crippen LogP contribution in [0.4, 0.5) is 4.39 Å². The molecule has 19 heavy (non-hydrogen) atoms. The molecule has 1 aromatic rings. The minimum absolute atomic E-state index is 0.278. The summed E-state index contributed by atoms with van der Waals surface area (Å²) in [6, 6.07) is 4.89. The number of benzene rings is 1. The van der Waals surface area contributed by atoms with E-state index in [0.29, 0.717) is 6.54 Å². The van der Waals surface area contributed by atoms with Gasteiger partial charge >= 0.3 is 0 Å². The Labute approximate surface area is 114 Å². The fourth-order valence-electron chi connectivity index (χ4n) is 1.67. The van der Waals surface area contributed by atoms with Crippen LogP contribution in [0.1, 0.15) is 19.4 Å². The van der Waals surface area contributed by atoms with Gasteiger partial charge in [0.25, 0.3) is 0 Å². The van der Waals surface area contributed by atoms with Gasteiger partial charge < -0.3 is 15.4 Å². The Kier molecular flexibility index (Phi) is 6.71. The summed E-state index contributed by atoms with van der Waals surface area (Å²) in [5, 5.41) is 6.31. The van der Waals surface area contributed by atoms with Crippen LogP contribution in [0.25, 0.3) is 0 Å². The topological polar surface area (TPSA) is 45.7 Å². The first-order valence-corrected chi connectivity index (χ1v) is 6.55. The Morgan fingerprint density at radius 1 is 1.26 bits per heavy atom. The maximum atomic E-state index is 13.2. The number of rotatable bonds is 6. The Morgan fingerprint density at radius 3 is 2.53 bits per heavy atom. The third-order valence-corrected chi connectivity index (χ3v) is 2.57. The molecule has 0 amide bonds. The number of ether oxygens (including phenoxy) is 1. The lowest BCUT2D eigenvalue weighted by molar-refractivity contribution is 0.386. The molecule has 0 unspecified atom stereocenters. The summed E-state index contributed by atoms with van der Waals surface area (Å²) in [5.41, 5.74) is 1.01. The van der Waals surface area contributed by atoms with Crippen molar-refractivity contribution in [2.45, 2.75) is 20.3 Å². The average Bonchev–Trinajstić information content (AvgIpc) is 2.41. The van der Waals surface area contributed by atoms with Crippen LogP contribution in [-0.2, 0) is 6.42 Å². The van der Waals surface area contributed by atoms with Crippen LogP contribution in [0, 0.1) is 5.82 Å². The van der Waals surface area contributed by atoms with Gasteiger partial charge in [0, 0.05) is 19.6 Å². The Morgan fingerprint density at radius 2 is 1.95 bits per heavy atom. The number of nitrogens with zero attached hydrogens (tertiary/aromatic N) is 1. The monoisotopic (exact) mass is 267 g/mol. The van der Waals surface area contributed by atoms with Gasteiger partial charge in [-0.2, -0.15) is 0 Å². The van der Waals surface area contributed by atoms with Crippen molar-refractivity contribution >= 4 is 5.96 Å². The summed E-state index contributed by atoms with van der Waals surface area (Å²) in [6.07, 6.45) is 0.747. The lowest BCUT2D eigenvalue weighted by Crippen LogP contribution is -2.37. The van der Waals surface area contributed by atoms with Gasteiger partial charge in [-0.1, -0.05) is 6.07 Å². The van der Waals surface area contributed by atoms with Gasteiger partial charge in [-0.05, 0) is 38.0 Å². The van der Waals surface area contributed by atoms with Crippen molar-refractivity contribution in [3.8, 4) is 5.75 Å². The molecule has 0 saturated carbocycles. The quantitative estimate of drug-likeness (QED) is 0.612. The number of nitrogens with one attached hydrogen (secondary N) is 2. The first-order chi connectivity index (χ1) is 9.21. The van der Waals surface area contributed by atoms with E-state index in [9.17, 15) is 4.39 Å². The van der Waals surface area contributed by atoms with Gasteiger partial charge in [0.15, 0.2) is 17.5 Å². The highest BCUT2D eigenvalue weighted by atomic mass is 19.1. The number of halogens is 1. The van der Waals surface area contributed by atoms with E-state index in [2.05, 4.69) is 15.6 Å². The molecule has 0 radical (unpaired) electrons. The predicted octanol–water partition coefficient (Wildman–Crippen LogP) is 1.95. The van der Waals surface area contributed by atoms with E-state index < -0.39 is 0 Å². The maximum Gasteiger partial charge on any atom is 0.191 e. The van der Waals surface area contributed by atoms with Gasteiger partial charge in [0.2, 0.25) is 0 Å². The van der Waals surface area contributed by atoms with Crippen LogP contribution in [0.15, 0.2) is 23.2 Å². The average molecular weight is 267 g/mol. The minimum atomic E-state index is -0.337. The van der Waals surface area contributed by atoms with E-state index in [1.807, 2.05) is 13.8 Å². The molecule has 1 aromatic carbocycles. The zero-order valence-electron chi connectivity index (χ0n) is 11.8. The van der Waals surface area contributed by atoms with Crippen molar-refractivity contribution in [2.24, 2.45) is 4.99 Å². The van der Waals surface area contributed by atoms with E-state index >= 15 is 0 Å². The van der Waals surface area contributed by atoms with E-state index in [4.69, 9.17) is 4.74 Å². The van der Waals surface area contributed by atoms with Crippen LogP contribution in [0.5, 0.6) is 5.75 Å². The summed E-state index contributed by atoms with van der Waals surface area (Å²) in [5.74, 6) is 0.745. The van der Waals surface area contributed by atoms with Crippen LogP contribution in [0.2, 0.25) is 0 Å². The van der Waals surface area contributed by atoms with E-state index in [-0.39, 0.29) is 11.6 Å². The van der Waals surface area contributed by atoms with Crippen molar-refractivity contribution in [1.82, 2.24) is 10.6 Å². The van der Waals surface area contributed by atoms with E-state index in [1.165, 1.54) is 13.2 Å².